The van der Waals surface area contributed by atoms with E-state index in [0.29, 0.717) is 18.1 Å². The summed E-state index contributed by atoms with van der Waals surface area (Å²) in [5, 5.41) is 13.3. The molecule has 208 valence electrons. The third-order valence-corrected chi connectivity index (χ3v) is 6.73. The number of carbonyl (C=O) groups is 1. The van der Waals surface area contributed by atoms with Crippen LogP contribution >= 0.6 is 0 Å². The molecule has 0 unspecified atom stereocenters. The molecule has 0 atom stereocenters. The molecule has 1 aliphatic rings. The monoisotopic (exact) mass is 573 g/mol. The Hall–Kier alpha value is -3.69. The molecule has 0 spiro atoms. The van der Waals surface area contributed by atoms with Gasteiger partial charge in [-0.1, -0.05) is 6.07 Å². The smallest absolute Gasteiger partial charge is 0.380 e. The quantitative estimate of drug-likeness (QED) is 0.244. The number of rotatable bonds is 7. The fraction of sp³-hybridized carbons (Fsp3) is 0.292. The van der Waals surface area contributed by atoms with Crippen molar-refractivity contribution in [3.05, 3.63) is 71.2 Å². The van der Waals surface area contributed by atoms with E-state index in [1.165, 1.54) is 24.3 Å². The molecular formula is C24H20F5N3O6S. The van der Waals surface area contributed by atoms with Gasteiger partial charge in [0.2, 0.25) is 5.88 Å². The number of alkyl halides is 5. The first-order chi connectivity index (χ1) is 18.0. The Bertz CT molecular complexity index is 1540. The summed E-state index contributed by atoms with van der Waals surface area (Å²) in [7, 11) is -6.08. The van der Waals surface area contributed by atoms with E-state index in [1.54, 1.807) is 13.0 Å². The van der Waals surface area contributed by atoms with Crippen LogP contribution < -0.4 is 9.50 Å². The van der Waals surface area contributed by atoms with Gasteiger partial charge < -0.3 is 19.3 Å². The van der Waals surface area contributed by atoms with Crippen molar-refractivity contribution in [2.24, 2.45) is 0 Å². The van der Waals surface area contributed by atoms with Crippen LogP contribution in [-0.4, -0.2) is 48.1 Å². The lowest BCUT2D eigenvalue weighted by molar-refractivity contribution is -0.185. The van der Waals surface area contributed by atoms with Gasteiger partial charge in [-0.15, -0.1) is 0 Å². The summed E-state index contributed by atoms with van der Waals surface area (Å²) >= 11 is 0. The van der Waals surface area contributed by atoms with Gasteiger partial charge in [-0.3, -0.25) is 9.78 Å². The van der Waals surface area contributed by atoms with E-state index < -0.39 is 44.6 Å². The zero-order chi connectivity index (χ0) is 28.8. The molecule has 0 radical (unpaired) electrons. The van der Waals surface area contributed by atoms with Crippen molar-refractivity contribution in [2.45, 2.75) is 30.9 Å². The summed E-state index contributed by atoms with van der Waals surface area (Å²) in [6.45, 7) is 1.63. The molecule has 1 fully saturated rings. The Morgan fingerprint density at radius 2 is 1.79 bits per heavy atom. The van der Waals surface area contributed by atoms with Crippen LogP contribution in [-0.2, 0) is 26.4 Å². The fourth-order valence-electron chi connectivity index (χ4n) is 3.63. The number of aromatic nitrogens is 2. The number of aliphatic hydroxyl groups is 1. The number of pyridine rings is 2. The van der Waals surface area contributed by atoms with Crippen LogP contribution in [0.4, 0.5) is 27.6 Å². The molecule has 2 aromatic heterocycles. The predicted octanol–water partition coefficient (Wildman–Crippen LogP) is 4.26. The molecule has 0 bridgehead atoms. The van der Waals surface area contributed by atoms with Crippen molar-refractivity contribution in [1.29, 1.82) is 0 Å². The molecule has 15 heteroatoms. The van der Waals surface area contributed by atoms with Gasteiger partial charge in [-0.05, 0) is 48.4 Å². The summed E-state index contributed by atoms with van der Waals surface area (Å²) < 4.78 is 98.2. The number of benzene rings is 1. The summed E-state index contributed by atoms with van der Waals surface area (Å²) in [4.78, 5) is 20.0. The second kappa shape index (κ2) is 9.81. The molecule has 3 heterocycles. The van der Waals surface area contributed by atoms with Crippen molar-refractivity contribution >= 4 is 21.7 Å². The molecule has 3 aromatic rings. The van der Waals surface area contributed by atoms with E-state index in [4.69, 9.17) is 4.74 Å². The molecule has 0 saturated carbocycles. The molecule has 39 heavy (non-hydrogen) atoms. The van der Waals surface area contributed by atoms with E-state index in [-0.39, 0.29) is 35.6 Å². The number of halogens is 5. The summed E-state index contributed by atoms with van der Waals surface area (Å²) in [5.74, 6) is -4.94. The number of anilines is 1. The van der Waals surface area contributed by atoms with Crippen LogP contribution in [0, 0.1) is 6.92 Å². The minimum absolute atomic E-state index is 0.0767. The molecule has 2 N–H and O–H groups in total. The van der Waals surface area contributed by atoms with Crippen molar-refractivity contribution < 1.29 is 49.2 Å². The van der Waals surface area contributed by atoms with Crippen LogP contribution in [0.15, 0.2) is 48.8 Å². The maximum Gasteiger partial charge on any atom is 0.534 e. The van der Waals surface area contributed by atoms with Crippen LogP contribution in [0.3, 0.4) is 0 Å². The van der Waals surface area contributed by atoms with Gasteiger partial charge in [0.1, 0.15) is 11.3 Å². The van der Waals surface area contributed by atoms with Crippen LogP contribution in [0.1, 0.15) is 34.1 Å². The SMILES string of the molecule is Cc1ccc(NC(=O)c2ccnc(C(C)(F)F)c2)cc1-c1cnc(OS(=O)(=O)C(F)(F)F)c(C2(O)COC2)c1. The number of hydrogen-bond donors (Lipinski definition) is 2. The lowest BCUT2D eigenvalue weighted by Crippen LogP contribution is -2.47. The molecule has 1 saturated heterocycles. The molecule has 1 aliphatic heterocycles. The maximum absolute atomic E-state index is 13.6. The van der Waals surface area contributed by atoms with Gasteiger partial charge in [0.15, 0.2) is 0 Å². The number of aryl methyl sites for hydroxylation is 1. The average molecular weight is 573 g/mol. The average Bonchev–Trinajstić information content (AvgIpc) is 2.82. The first kappa shape index (κ1) is 28.3. The second-order valence-electron chi connectivity index (χ2n) is 8.89. The minimum Gasteiger partial charge on any atom is -0.380 e. The van der Waals surface area contributed by atoms with Gasteiger partial charge in [-0.2, -0.15) is 30.4 Å². The third kappa shape index (κ3) is 5.84. The second-order valence-corrected chi connectivity index (χ2v) is 10.4. The van der Waals surface area contributed by atoms with Gasteiger partial charge >= 0.3 is 15.6 Å². The summed E-state index contributed by atoms with van der Waals surface area (Å²) in [6, 6.07) is 8.04. The molecular weight excluding hydrogens is 553 g/mol. The fourth-order valence-corrected chi connectivity index (χ4v) is 4.06. The largest absolute Gasteiger partial charge is 0.534 e. The van der Waals surface area contributed by atoms with Crippen molar-refractivity contribution in [2.75, 3.05) is 18.5 Å². The van der Waals surface area contributed by atoms with Gasteiger partial charge in [0.25, 0.3) is 11.8 Å². The first-order valence-electron chi connectivity index (χ1n) is 11.1. The first-order valence-corrected chi connectivity index (χ1v) is 12.5. The molecule has 1 aromatic carbocycles. The highest BCUT2D eigenvalue weighted by Gasteiger charge is 2.50. The number of nitrogens with zero attached hydrogens (tertiary/aromatic N) is 2. The molecule has 1 amide bonds. The van der Waals surface area contributed by atoms with E-state index in [9.17, 15) is 40.3 Å². The van der Waals surface area contributed by atoms with E-state index in [1.807, 2.05) is 0 Å². The summed E-state index contributed by atoms with van der Waals surface area (Å²) in [5.41, 5.74) is -7.11. The minimum atomic E-state index is -6.08. The number of nitrogens with one attached hydrogen (secondary N) is 1. The van der Waals surface area contributed by atoms with Crippen molar-refractivity contribution in [3.63, 3.8) is 0 Å². The molecule has 9 nitrogen and oxygen atoms in total. The standard InChI is InChI=1S/C24H20F5N3O6S/c1-13-3-4-16(32-20(33)14-5-6-30-19(8-14)22(2,25)26)9-17(13)15-7-18(23(34)11-37-12-23)21(31-10-15)38-39(35,36)24(27,28)29/h3-10,34H,11-12H2,1-2H3,(H,32,33). The Balaban J connectivity index is 1.69. The van der Waals surface area contributed by atoms with Crippen LogP contribution in [0.25, 0.3) is 11.1 Å². The topological polar surface area (TPSA) is 128 Å². The molecule has 4 rings (SSSR count). The zero-order valence-corrected chi connectivity index (χ0v) is 21.0. The number of ether oxygens (including phenoxy) is 1. The van der Waals surface area contributed by atoms with Gasteiger partial charge in [-0.25, -0.2) is 4.98 Å². The van der Waals surface area contributed by atoms with Gasteiger partial charge in [0, 0.05) is 36.1 Å². The normalized spacial score (nSPS) is 15.4. The van der Waals surface area contributed by atoms with Crippen LogP contribution in [0.2, 0.25) is 0 Å². The Labute approximate surface area is 218 Å². The Morgan fingerprint density at radius 3 is 2.38 bits per heavy atom. The highest BCUT2D eigenvalue weighted by atomic mass is 32.2. The number of amides is 1. The lowest BCUT2D eigenvalue weighted by atomic mass is 9.90. The van der Waals surface area contributed by atoms with Crippen molar-refractivity contribution in [3.8, 4) is 17.0 Å². The number of carbonyl (C=O) groups excluding carboxylic acids is 1. The summed E-state index contributed by atoms with van der Waals surface area (Å²) in [6.07, 6.45) is 2.12. The van der Waals surface area contributed by atoms with E-state index in [0.717, 1.165) is 18.5 Å². The highest BCUT2D eigenvalue weighted by molar-refractivity contribution is 7.87. The Morgan fingerprint density at radius 1 is 1.10 bits per heavy atom. The highest BCUT2D eigenvalue weighted by Crippen LogP contribution is 2.39. The van der Waals surface area contributed by atoms with Crippen molar-refractivity contribution in [1.82, 2.24) is 9.97 Å². The number of hydrogen-bond acceptors (Lipinski definition) is 8. The van der Waals surface area contributed by atoms with E-state index in [2.05, 4.69) is 19.5 Å². The maximum atomic E-state index is 13.6. The lowest BCUT2D eigenvalue weighted by Gasteiger charge is -2.37. The Kier molecular flexibility index (Phi) is 7.12. The predicted molar refractivity (Wildman–Crippen MR) is 126 cm³/mol. The van der Waals surface area contributed by atoms with Gasteiger partial charge in [0.05, 0.1) is 18.8 Å². The van der Waals surface area contributed by atoms with Crippen LogP contribution in [0.5, 0.6) is 5.88 Å². The third-order valence-electron chi connectivity index (χ3n) is 5.78. The van der Waals surface area contributed by atoms with E-state index >= 15 is 0 Å². The zero-order valence-electron chi connectivity index (χ0n) is 20.2. The molecule has 0 aliphatic carbocycles.